The molecule has 0 atom stereocenters. The van der Waals surface area contributed by atoms with Crippen molar-refractivity contribution < 1.29 is 4.79 Å². The number of aromatic amines is 1. The molecule has 0 aliphatic carbocycles. The van der Waals surface area contributed by atoms with Crippen molar-refractivity contribution >= 4 is 34.3 Å². The lowest BCUT2D eigenvalue weighted by atomic mass is 9.79. The van der Waals surface area contributed by atoms with Gasteiger partial charge in [0.15, 0.2) is 0 Å². The van der Waals surface area contributed by atoms with E-state index < -0.39 is 0 Å². The molecule has 0 radical (unpaired) electrons. The third-order valence-electron chi connectivity index (χ3n) is 7.70. The van der Waals surface area contributed by atoms with Gasteiger partial charge in [-0.25, -0.2) is 14.8 Å². The maximum atomic E-state index is 12.0. The zero-order valence-corrected chi connectivity index (χ0v) is 19.9. The molecule has 9 heteroatoms. The van der Waals surface area contributed by atoms with Crippen LogP contribution in [-0.2, 0) is 4.79 Å². The molecule has 35 heavy (non-hydrogen) atoms. The fourth-order valence-electron chi connectivity index (χ4n) is 5.85. The van der Waals surface area contributed by atoms with Crippen molar-refractivity contribution in [2.24, 2.45) is 5.41 Å². The number of rotatable bonds is 4. The molecule has 0 saturated carbocycles. The maximum Gasteiger partial charge on any atom is 0.254 e. The summed E-state index contributed by atoms with van der Waals surface area (Å²) in [5, 5.41) is 8.25. The molecule has 3 aliphatic rings. The molecule has 0 bridgehead atoms. The second-order valence-corrected chi connectivity index (χ2v) is 10.0. The molecule has 3 aliphatic heterocycles. The zero-order chi connectivity index (χ0) is 24.2. The van der Waals surface area contributed by atoms with Crippen molar-refractivity contribution in [3.05, 3.63) is 48.0 Å². The van der Waals surface area contributed by atoms with Crippen LogP contribution >= 0.6 is 0 Å². The number of hydrogen-bond donors (Lipinski definition) is 1. The van der Waals surface area contributed by atoms with E-state index in [0.717, 1.165) is 80.6 Å². The van der Waals surface area contributed by atoms with Gasteiger partial charge in [0, 0.05) is 55.6 Å². The molecule has 6 rings (SSSR count). The molecule has 1 amide bonds. The molecule has 3 aromatic rings. The Bertz CT molecular complexity index is 1370. The van der Waals surface area contributed by atoms with Gasteiger partial charge in [-0.05, 0) is 43.9 Å². The molecule has 2 aromatic heterocycles. The lowest BCUT2D eigenvalue weighted by Crippen LogP contribution is -2.59. The molecular formula is C26H28N8O. The fraction of sp³-hybridized carbons (Fsp3) is 0.423. The van der Waals surface area contributed by atoms with Crippen LogP contribution in [0.4, 0.5) is 17.5 Å². The number of carbonyl (C=O) groups is 1. The summed E-state index contributed by atoms with van der Waals surface area (Å²) in [6, 6.07) is 4.06. The number of benzene rings is 1. The van der Waals surface area contributed by atoms with Crippen molar-refractivity contribution in [2.75, 3.05) is 49.1 Å². The number of amides is 1. The molecule has 3 fully saturated rings. The van der Waals surface area contributed by atoms with Gasteiger partial charge in [-0.1, -0.05) is 12.6 Å². The number of H-pyrrole nitrogens is 1. The Morgan fingerprint density at radius 1 is 1.17 bits per heavy atom. The second kappa shape index (κ2) is 8.08. The highest BCUT2D eigenvalue weighted by molar-refractivity contribution is 6.00. The monoisotopic (exact) mass is 468 g/mol. The van der Waals surface area contributed by atoms with Gasteiger partial charge in [-0.3, -0.25) is 9.89 Å². The summed E-state index contributed by atoms with van der Waals surface area (Å²) in [6.07, 6.45) is 6.41. The topological polar surface area (TPSA) is 85.6 Å². The molecule has 9 nitrogen and oxygen atoms in total. The normalized spacial score (nSPS) is 18.8. The number of carbonyl (C=O) groups excluding carboxylic acids is 1. The maximum absolute atomic E-state index is 12.0. The van der Waals surface area contributed by atoms with Crippen LogP contribution in [0.15, 0.2) is 31.0 Å². The van der Waals surface area contributed by atoms with Crippen LogP contribution in [0.3, 0.4) is 0 Å². The predicted octanol–water partition coefficient (Wildman–Crippen LogP) is 3.70. The summed E-state index contributed by atoms with van der Waals surface area (Å²) in [5.74, 6) is 1.38. The summed E-state index contributed by atoms with van der Waals surface area (Å²) in [4.78, 5) is 32.3. The van der Waals surface area contributed by atoms with Crippen LogP contribution in [0.1, 0.15) is 24.8 Å². The third kappa shape index (κ3) is 3.43. The Labute approximate surface area is 204 Å². The first kappa shape index (κ1) is 21.6. The Balaban J connectivity index is 1.45. The van der Waals surface area contributed by atoms with E-state index in [1.54, 1.807) is 0 Å². The van der Waals surface area contributed by atoms with Gasteiger partial charge in [-0.2, -0.15) is 5.10 Å². The Kier molecular flexibility index (Phi) is 4.99. The summed E-state index contributed by atoms with van der Waals surface area (Å²) in [6.45, 7) is 18.7. The van der Waals surface area contributed by atoms with Crippen LogP contribution in [0, 0.1) is 18.9 Å². The van der Waals surface area contributed by atoms with E-state index in [1.807, 2.05) is 23.2 Å². The van der Waals surface area contributed by atoms with Crippen molar-refractivity contribution in [1.82, 2.24) is 25.1 Å². The van der Waals surface area contributed by atoms with E-state index >= 15 is 0 Å². The van der Waals surface area contributed by atoms with E-state index in [2.05, 4.69) is 38.3 Å². The average Bonchev–Trinajstić information content (AvgIpc) is 3.62. The third-order valence-corrected chi connectivity index (χ3v) is 7.70. The number of aromatic nitrogens is 4. The van der Waals surface area contributed by atoms with Crippen LogP contribution < -0.4 is 9.80 Å². The highest BCUT2D eigenvalue weighted by Crippen LogP contribution is 2.46. The number of fused-ring (bicyclic) bond motifs is 1. The fourth-order valence-corrected chi connectivity index (χ4v) is 5.85. The first-order valence-electron chi connectivity index (χ1n) is 12.2. The average molecular weight is 469 g/mol. The van der Waals surface area contributed by atoms with Gasteiger partial charge < -0.3 is 14.7 Å². The van der Waals surface area contributed by atoms with Crippen molar-refractivity contribution in [2.45, 2.75) is 26.2 Å². The van der Waals surface area contributed by atoms with E-state index in [1.165, 1.54) is 6.08 Å². The molecule has 1 N–H and O–H groups in total. The Hall–Kier alpha value is -3.93. The summed E-state index contributed by atoms with van der Waals surface area (Å²) in [7, 11) is 0. The molecule has 5 heterocycles. The van der Waals surface area contributed by atoms with E-state index in [-0.39, 0.29) is 11.3 Å². The highest BCUT2D eigenvalue weighted by atomic mass is 16.2. The van der Waals surface area contributed by atoms with Gasteiger partial charge >= 0.3 is 0 Å². The quantitative estimate of drug-likeness (QED) is 0.464. The molecule has 3 saturated heterocycles. The van der Waals surface area contributed by atoms with E-state index in [9.17, 15) is 4.79 Å². The zero-order valence-electron chi connectivity index (χ0n) is 19.9. The van der Waals surface area contributed by atoms with Crippen LogP contribution in [-0.4, -0.2) is 70.2 Å². The highest BCUT2D eigenvalue weighted by Gasteiger charge is 2.49. The molecule has 1 spiro atoms. The Morgan fingerprint density at radius 2 is 1.97 bits per heavy atom. The molecule has 0 unspecified atom stereocenters. The summed E-state index contributed by atoms with van der Waals surface area (Å²) in [5.41, 5.74) is 4.13. The summed E-state index contributed by atoms with van der Waals surface area (Å²) < 4.78 is 0. The first-order chi connectivity index (χ1) is 17.0. The van der Waals surface area contributed by atoms with Gasteiger partial charge in [-0.15, -0.1) is 0 Å². The number of aryl methyl sites for hydroxylation is 1. The lowest BCUT2D eigenvalue weighted by molar-refractivity contribution is -0.136. The minimum Gasteiger partial charge on any atom is -0.364 e. The van der Waals surface area contributed by atoms with Crippen LogP contribution in [0.5, 0.6) is 0 Å². The number of nitrogens with zero attached hydrogens (tertiary/aromatic N) is 7. The van der Waals surface area contributed by atoms with Gasteiger partial charge in [0.25, 0.3) is 5.69 Å². The van der Waals surface area contributed by atoms with Crippen LogP contribution in [0.2, 0.25) is 0 Å². The van der Waals surface area contributed by atoms with E-state index in [4.69, 9.17) is 16.5 Å². The molecule has 178 valence electrons. The number of anilines is 2. The lowest BCUT2D eigenvalue weighted by Gasteiger charge is -2.47. The number of likely N-dealkylation sites (tertiary alicyclic amines) is 1. The minimum absolute atomic E-state index is 0.0137. The number of hydrogen-bond acceptors (Lipinski definition) is 6. The van der Waals surface area contributed by atoms with Crippen molar-refractivity contribution in [3.8, 4) is 11.3 Å². The van der Waals surface area contributed by atoms with Gasteiger partial charge in [0.05, 0.1) is 24.0 Å². The van der Waals surface area contributed by atoms with E-state index in [0.29, 0.717) is 23.1 Å². The van der Waals surface area contributed by atoms with Crippen LogP contribution in [0.25, 0.3) is 27.0 Å². The minimum atomic E-state index is -0.0137. The SMILES string of the molecule is [C-]#[N+]c1c(-c2c(C)ccc3[nH]ncc23)nc(N2CCCC2)nc1N1CCC2(CN(C(=O)C=C)C2)C1. The van der Waals surface area contributed by atoms with Crippen molar-refractivity contribution in [3.63, 3.8) is 0 Å². The largest absolute Gasteiger partial charge is 0.364 e. The van der Waals surface area contributed by atoms with Crippen molar-refractivity contribution in [1.29, 1.82) is 0 Å². The van der Waals surface area contributed by atoms with Gasteiger partial charge in [0.1, 0.15) is 5.82 Å². The molecule has 1 aromatic carbocycles. The molecular weight excluding hydrogens is 440 g/mol. The van der Waals surface area contributed by atoms with Gasteiger partial charge in [0.2, 0.25) is 11.9 Å². The smallest absolute Gasteiger partial charge is 0.254 e. The standard InChI is InChI=1S/C26H28N8O/c1-4-20(35)34-15-26(16-34)9-12-33(14-26)24-23(27-3)22(29-25(30-24)32-10-5-6-11-32)21-17(2)7-8-19-18(21)13-28-31-19/h4,7-8,13H,1,5-6,9-12,14-16H2,2H3,(H,28,31). The Morgan fingerprint density at radius 3 is 2.71 bits per heavy atom. The summed E-state index contributed by atoms with van der Waals surface area (Å²) >= 11 is 0. The number of nitrogens with one attached hydrogen (secondary N) is 1. The predicted molar refractivity (Wildman–Crippen MR) is 136 cm³/mol. The first-order valence-corrected chi connectivity index (χ1v) is 12.2. The second-order valence-electron chi connectivity index (χ2n) is 10.0.